The highest BCUT2D eigenvalue weighted by atomic mass is 16.5. The Kier molecular flexibility index (Phi) is 3.81. The molecule has 2 rings (SSSR count). The predicted molar refractivity (Wildman–Crippen MR) is 71.7 cm³/mol. The van der Waals surface area contributed by atoms with E-state index in [-0.39, 0.29) is 0 Å². The maximum Gasteiger partial charge on any atom is 0.145 e. The molecule has 0 saturated heterocycles. The van der Waals surface area contributed by atoms with Gasteiger partial charge in [-0.05, 0) is 25.5 Å². The van der Waals surface area contributed by atoms with Crippen LogP contribution in [0.1, 0.15) is 20.3 Å². The minimum Gasteiger partial charge on any atom is -0.492 e. The van der Waals surface area contributed by atoms with E-state index in [9.17, 15) is 0 Å². The lowest BCUT2D eigenvalue weighted by Gasteiger charge is -2.11. The van der Waals surface area contributed by atoms with Gasteiger partial charge in [0.25, 0.3) is 0 Å². The molecule has 1 heterocycles. The number of pyridine rings is 1. The number of nitrogens with one attached hydrogen (secondary N) is 1. The highest BCUT2D eigenvalue weighted by molar-refractivity contribution is 5.94. The highest BCUT2D eigenvalue weighted by Crippen LogP contribution is 2.28. The molecule has 0 aliphatic rings. The van der Waals surface area contributed by atoms with Gasteiger partial charge in [-0.1, -0.05) is 19.1 Å². The summed E-state index contributed by atoms with van der Waals surface area (Å²) in [4.78, 5) is 4.40. The van der Waals surface area contributed by atoms with Gasteiger partial charge in [0.15, 0.2) is 0 Å². The Morgan fingerprint density at radius 1 is 1.24 bits per heavy atom. The lowest BCUT2D eigenvalue weighted by molar-refractivity contribution is 0.343. The van der Waals surface area contributed by atoms with E-state index in [1.807, 2.05) is 31.3 Å². The lowest BCUT2D eigenvalue weighted by Crippen LogP contribution is -2.01. The van der Waals surface area contributed by atoms with E-state index in [1.165, 1.54) is 0 Å². The summed E-state index contributed by atoms with van der Waals surface area (Å²) in [5, 5.41) is 4.53. The van der Waals surface area contributed by atoms with Crippen molar-refractivity contribution in [3.8, 4) is 5.75 Å². The van der Waals surface area contributed by atoms with Crippen LogP contribution in [0.3, 0.4) is 0 Å². The Bertz CT molecular complexity index is 497. The first-order valence-corrected chi connectivity index (χ1v) is 6.11. The molecular weight excluding hydrogens is 212 g/mol. The van der Waals surface area contributed by atoms with Gasteiger partial charge in [-0.15, -0.1) is 0 Å². The molecule has 0 amide bonds. The number of rotatable bonds is 5. The fraction of sp³-hybridized carbons (Fsp3) is 0.357. The van der Waals surface area contributed by atoms with Crippen molar-refractivity contribution < 1.29 is 4.74 Å². The van der Waals surface area contributed by atoms with E-state index < -0.39 is 0 Å². The van der Waals surface area contributed by atoms with Crippen LogP contribution in [-0.2, 0) is 0 Å². The summed E-state index contributed by atoms with van der Waals surface area (Å²) in [6.07, 6.45) is 2.93. The van der Waals surface area contributed by atoms with Crippen LogP contribution in [0.2, 0.25) is 0 Å². The first-order chi connectivity index (χ1) is 8.36. The molecule has 17 heavy (non-hydrogen) atoms. The molecule has 1 aromatic carbocycles. The quantitative estimate of drug-likeness (QED) is 0.854. The fourth-order valence-corrected chi connectivity index (χ4v) is 1.83. The van der Waals surface area contributed by atoms with Crippen molar-refractivity contribution in [2.45, 2.75) is 20.3 Å². The molecule has 0 atom stereocenters. The number of fused-ring (bicyclic) bond motifs is 1. The van der Waals surface area contributed by atoms with E-state index in [0.29, 0.717) is 6.61 Å². The number of nitrogens with zero attached hydrogens (tertiary/aromatic N) is 1. The van der Waals surface area contributed by atoms with Gasteiger partial charge in [-0.25, -0.2) is 0 Å². The number of ether oxygens (including phenoxy) is 1. The average Bonchev–Trinajstić information content (AvgIpc) is 2.37. The zero-order valence-corrected chi connectivity index (χ0v) is 10.4. The number of aromatic nitrogens is 1. The summed E-state index contributed by atoms with van der Waals surface area (Å²) in [5.74, 6) is 0.852. The number of hydrogen-bond acceptors (Lipinski definition) is 3. The summed E-state index contributed by atoms with van der Waals surface area (Å²) in [5.41, 5.74) is 2.05. The Labute approximate surface area is 102 Å². The average molecular weight is 230 g/mol. The molecule has 90 valence electrons. The predicted octanol–water partition coefficient (Wildman–Crippen LogP) is 3.46. The first kappa shape index (κ1) is 11.7. The summed E-state index contributed by atoms with van der Waals surface area (Å²) < 4.78 is 5.59. The second-order valence-corrected chi connectivity index (χ2v) is 3.87. The Balaban J connectivity index is 2.45. The molecule has 2 aromatic rings. The SMILES string of the molecule is CCCNc1ccnc2c(OCC)cccc12. The number of hydrogen-bond donors (Lipinski definition) is 1. The van der Waals surface area contributed by atoms with E-state index in [0.717, 1.165) is 35.3 Å². The minimum absolute atomic E-state index is 0.660. The Morgan fingerprint density at radius 3 is 2.88 bits per heavy atom. The van der Waals surface area contributed by atoms with Gasteiger partial charge in [-0.3, -0.25) is 4.98 Å². The molecule has 0 spiro atoms. The van der Waals surface area contributed by atoms with Crippen molar-refractivity contribution in [1.29, 1.82) is 0 Å². The Hall–Kier alpha value is -1.77. The van der Waals surface area contributed by atoms with Gasteiger partial charge in [-0.2, -0.15) is 0 Å². The minimum atomic E-state index is 0.660. The molecule has 0 bridgehead atoms. The number of anilines is 1. The van der Waals surface area contributed by atoms with Crippen LogP contribution in [0.15, 0.2) is 30.5 Å². The molecule has 0 unspecified atom stereocenters. The van der Waals surface area contributed by atoms with Crippen LogP contribution >= 0.6 is 0 Å². The maximum absolute atomic E-state index is 5.59. The smallest absolute Gasteiger partial charge is 0.145 e. The van der Waals surface area contributed by atoms with E-state index >= 15 is 0 Å². The molecular formula is C14H18N2O. The zero-order chi connectivity index (χ0) is 12.1. The largest absolute Gasteiger partial charge is 0.492 e. The topological polar surface area (TPSA) is 34.2 Å². The van der Waals surface area contributed by atoms with E-state index in [1.54, 1.807) is 0 Å². The van der Waals surface area contributed by atoms with Crippen molar-refractivity contribution in [1.82, 2.24) is 4.98 Å². The van der Waals surface area contributed by atoms with Gasteiger partial charge < -0.3 is 10.1 Å². The molecule has 0 saturated carbocycles. The van der Waals surface area contributed by atoms with Gasteiger partial charge in [0, 0.05) is 23.8 Å². The van der Waals surface area contributed by atoms with Crippen molar-refractivity contribution >= 4 is 16.6 Å². The molecule has 3 nitrogen and oxygen atoms in total. The van der Waals surface area contributed by atoms with E-state index in [2.05, 4.69) is 23.3 Å². The van der Waals surface area contributed by atoms with Crippen LogP contribution in [0.25, 0.3) is 10.9 Å². The van der Waals surface area contributed by atoms with Crippen LogP contribution in [-0.4, -0.2) is 18.1 Å². The number of para-hydroxylation sites is 1. The van der Waals surface area contributed by atoms with Crippen molar-refractivity contribution in [2.75, 3.05) is 18.5 Å². The third-order valence-electron chi connectivity index (χ3n) is 2.60. The van der Waals surface area contributed by atoms with Gasteiger partial charge in [0.05, 0.1) is 6.61 Å². The normalized spacial score (nSPS) is 10.5. The zero-order valence-electron chi connectivity index (χ0n) is 10.4. The summed E-state index contributed by atoms with van der Waals surface area (Å²) >= 11 is 0. The second-order valence-electron chi connectivity index (χ2n) is 3.87. The summed E-state index contributed by atoms with van der Waals surface area (Å²) in [6.45, 7) is 5.77. The van der Waals surface area contributed by atoms with Crippen molar-refractivity contribution in [3.63, 3.8) is 0 Å². The molecule has 0 aliphatic carbocycles. The van der Waals surface area contributed by atoms with Gasteiger partial charge >= 0.3 is 0 Å². The monoisotopic (exact) mass is 230 g/mol. The van der Waals surface area contributed by atoms with E-state index in [4.69, 9.17) is 4.74 Å². The van der Waals surface area contributed by atoms with Crippen LogP contribution < -0.4 is 10.1 Å². The summed E-state index contributed by atoms with van der Waals surface area (Å²) in [7, 11) is 0. The molecule has 0 fully saturated rings. The molecule has 3 heteroatoms. The molecule has 1 N–H and O–H groups in total. The maximum atomic E-state index is 5.59. The van der Waals surface area contributed by atoms with Crippen LogP contribution in [0, 0.1) is 0 Å². The Morgan fingerprint density at radius 2 is 2.12 bits per heavy atom. The van der Waals surface area contributed by atoms with Crippen LogP contribution in [0.4, 0.5) is 5.69 Å². The third-order valence-corrected chi connectivity index (χ3v) is 2.60. The van der Waals surface area contributed by atoms with Gasteiger partial charge in [0.2, 0.25) is 0 Å². The second kappa shape index (κ2) is 5.53. The van der Waals surface area contributed by atoms with Gasteiger partial charge in [0.1, 0.15) is 11.3 Å². The lowest BCUT2D eigenvalue weighted by atomic mass is 10.1. The van der Waals surface area contributed by atoms with Crippen molar-refractivity contribution in [3.05, 3.63) is 30.5 Å². The standard InChI is InChI=1S/C14H18N2O/c1-3-9-15-12-8-10-16-14-11(12)6-5-7-13(14)17-4-2/h5-8,10H,3-4,9H2,1-2H3,(H,15,16). The van der Waals surface area contributed by atoms with Crippen LogP contribution in [0.5, 0.6) is 5.75 Å². The third kappa shape index (κ3) is 2.49. The van der Waals surface area contributed by atoms with Crippen molar-refractivity contribution in [2.24, 2.45) is 0 Å². The molecule has 1 aromatic heterocycles. The first-order valence-electron chi connectivity index (χ1n) is 6.11. The fourth-order valence-electron chi connectivity index (χ4n) is 1.83. The molecule has 0 radical (unpaired) electrons. The number of benzene rings is 1. The summed E-state index contributed by atoms with van der Waals surface area (Å²) in [6, 6.07) is 8.05. The highest BCUT2D eigenvalue weighted by Gasteiger charge is 2.06. The molecule has 0 aliphatic heterocycles.